The van der Waals surface area contributed by atoms with Crippen molar-refractivity contribution in [1.82, 2.24) is 4.90 Å². The van der Waals surface area contributed by atoms with E-state index < -0.39 is 0 Å². The lowest BCUT2D eigenvalue weighted by Gasteiger charge is -2.20. The Kier molecular flexibility index (Phi) is 6.29. The summed E-state index contributed by atoms with van der Waals surface area (Å²) in [5.74, 6) is 0.824. The van der Waals surface area contributed by atoms with Gasteiger partial charge in [0.05, 0.1) is 7.11 Å². The van der Waals surface area contributed by atoms with Crippen molar-refractivity contribution in [1.29, 1.82) is 10.5 Å². The van der Waals surface area contributed by atoms with E-state index in [-0.39, 0.29) is 5.57 Å². The number of methoxy groups -OCH3 is 1. The van der Waals surface area contributed by atoms with E-state index in [9.17, 15) is 0 Å². The molecule has 0 spiro atoms. The Labute approximate surface area is 120 Å². The lowest BCUT2D eigenvalue weighted by atomic mass is 10.1. The van der Waals surface area contributed by atoms with Gasteiger partial charge in [-0.25, -0.2) is 0 Å². The van der Waals surface area contributed by atoms with Crippen molar-refractivity contribution in [3.05, 3.63) is 34.9 Å². The molecule has 1 aromatic rings. The van der Waals surface area contributed by atoms with E-state index in [1.54, 1.807) is 13.2 Å². The van der Waals surface area contributed by atoms with E-state index in [0.29, 0.717) is 0 Å². The number of hydrogen-bond donors (Lipinski definition) is 0. The minimum Gasteiger partial charge on any atom is -0.496 e. The fraction of sp³-hybridized carbons (Fsp3) is 0.375. The first-order chi connectivity index (χ1) is 9.68. The molecule has 0 fully saturated rings. The van der Waals surface area contributed by atoms with Crippen molar-refractivity contribution in [2.45, 2.75) is 20.4 Å². The third-order valence-electron chi connectivity index (χ3n) is 3.14. The molecule has 0 aromatic heterocycles. The maximum atomic E-state index is 8.81. The Bertz CT molecular complexity index is 544. The monoisotopic (exact) mass is 269 g/mol. The molecule has 0 amide bonds. The van der Waals surface area contributed by atoms with Crippen molar-refractivity contribution >= 4 is 6.08 Å². The Hall–Kier alpha value is -2.30. The van der Waals surface area contributed by atoms with Gasteiger partial charge in [0.25, 0.3) is 0 Å². The van der Waals surface area contributed by atoms with E-state index in [1.807, 2.05) is 30.3 Å². The molecule has 0 radical (unpaired) electrons. The maximum Gasteiger partial charge on any atom is 0.130 e. The van der Waals surface area contributed by atoms with E-state index in [0.717, 1.165) is 36.5 Å². The van der Waals surface area contributed by atoms with Crippen molar-refractivity contribution in [3.8, 4) is 17.9 Å². The third kappa shape index (κ3) is 4.12. The van der Waals surface area contributed by atoms with Gasteiger partial charge in [-0.1, -0.05) is 19.9 Å². The van der Waals surface area contributed by atoms with E-state index in [4.69, 9.17) is 15.3 Å². The Morgan fingerprint density at radius 2 is 1.90 bits per heavy atom. The van der Waals surface area contributed by atoms with Crippen molar-refractivity contribution in [3.63, 3.8) is 0 Å². The molecule has 0 bridgehead atoms. The van der Waals surface area contributed by atoms with Gasteiger partial charge in [0, 0.05) is 12.1 Å². The number of rotatable bonds is 6. The zero-order chi connectivity index (χ0) is 15.0. The van der Waals surface area contributed by atoms with Crippen molar-refractivity contribution in [2.24, 2.45) is 0 Å². The zero-order valence-electron chi connectivity index (χ0n) is 12.2. The molecule has 0 unspecified atom stereocenters. The van der Waals surface area contributed by atoms with Crippen molar-refractivity contribution < 1.29 is 4.74 Å². The molecule has 104 valence electrons. The van der Waals surface area contributed by atoms with Crippen LogP contribution in [-0.4, -0.2) is 25.1 Å². The summed E-state index contributed by atoms with van der Waals surface area (Å²) < 4.78 is 5.37. The Morgan fingerprint density at radius 3 is 2.40 bits per heavy atom. The van der Waals surface area contributed by atoms with E-state index in [1.165, 1.54) is 0 Å². The summed E-state index contributed by atoms with van der Waals surface area (Å²) >= 11 is 0. The summed E-state index contributed by atoms with van der Waals surface area (Å²) in [6, 6.07) is 9.42. The smallest absolute Gasteiger partial charge is 0.130 e. The first kappa shape index (κ1) is 15.8. The van der Waals surface area contributed by atoms with Gasteiger partial charge in [-0.3, -0.25) is 4.90 Å². The van der Waals surface area contributed by atoms with Gasteiger partial charge in [-0.15, -0.1) is 0 Å². The quantitative estimate of drug-likeness (QED) is 0.745. The van der Waals surface area contributed by atoms with Gasteiger partial charge in [0.2, 0.25) is 0 Å². The Balaban J connectivity index is 3.13. The van der Waals surface area contributed by atoms with Crippen LogP contribution in [0.3, 0.4) is 0 Å². The Morgan fingerprint density at radius 1 is 1.25 bits per heavy atom. The maximum absolute atomic E-state index is 8.81. The molecule has 4 heteroatoms. The van der Waals surface area contributed by atoms with Gasteiger partial charge in [-0.05, 0) is 36.9 Å². The molecular formula is C16H19N3O. The number of nitrogens with zero attached hydrogens (tertiary/aromatic N) is 3. The molecule has 20 heavy (non-hydrogen) atoms. The standard InChI is InChI=1S/C16H19N3O/c1-4-19(5-2)12-15-9-13(6-7-16(15)20-3)8-14(10-17)11-18/h6-9H,4-5,12H2,1-3H3. The van der Waals surface area contributed by atoms with Gasteiger partial charge in [0.15, 0.2) is 0 Å². The van der Waals surface area contributed by atoms with Gasteiger partial charge >= 0.3 is 0 Å². The predicted molar refractivity (Wildman–Crippen MR) is 78.8 cm³/mol. The molecular weight excluding hydrogens is 250 g/mol. The fourth-order valence-electron chi connectivity index (χ4n) is 1.96. The van der Waals surface area contributed by atoms with E-state index >= 15 is 0 Å². The number of benzene rings is 1. The van der Waals surface area contributed by atoms with Crippen LogP contribution in [0.5, 0.6) is 5.75 Å². The fourth-order valence-corrected chi connectivity index (χ4v) is 1.96. The third-order valence-corrected chi connectivity index (χ3v) is 3.14. The first-order valence-corrected chi connectivity index (χ1v) is 6.59. The lowest BCUT2D eigenvalue weighted by Crippen LogP contribution is -2.22. The van der Waals surface area contributed by atoms with Crippen LogP contribution >= 0.6 is 0 Å². The van der Waals surface area contributed by atoms with Crippen LogP contribution in [0.2, 0.25) is 0 Å². The highest BCUT2D eigenvalue weighted by Crippen LogP contribution is 2.22. The van der Waals surface area contributed by atoms with E-state index in [2.05, 4.69) is 18.7 Å². The number of hydrogen-bond acceptors (Lipinski definition) is 4. The van der Waals surface area contributed by atoms with Crippen LogP contribution in [-0.2, 0) is 6.54 Å². The second-order valence-corrected chi connectivity index (χ2v) is 4.31. The first-order valence-electron chi connectivity index (χ1n) is 6.59. The minimum atomic E-state index is 0.101. The normalized spacial score (nSPS) is 9.70. The molecule has 4 nitrogen and oxygen atoms in total. The average molecular weight is 269 g/mol. The number of nitriles is 2. The minimum absolute atomic E-state index is 0.101. The van der Waals surface area contributed by atoms with Crippen LogP contribution in [0.4, 0.5) is 0 Å². The molecule has 0 heterocycles. The predicted octanol–water partition coefficient (Wildman–Crippen LogP) is 2.97. The van der Waals surface area contributed by atoms with Gasteiger partial charge < -0.3 is 4.74 Å². The van der Waals surface area contributed by atoms with Gasteiger partial charge in [-0.2, -0.15) is 10.5 Å². The van der Waals surface area contributed by atoms with Crippen LogP contribution in [0.15, 0.2) is 23.8 Å². The summed E-state index contributed by atoms with van der Waals surface area (Å²) in [7, 11) is 1.65. The molecule has 0 aliphatic rings. The average Bonchev–Trinajstić information content (AvgIpc) is 2.50. The highest BCUT2D eigenvalue weighted by Gasteiger charge is 2.08. The van der Waals surface area contributed by atoms with Crippen LogP contribution in [0.25, 0.3) is 6.08 Å². The molecule has 0 saturated carbocycles. The second kappa shape index (κ2) is 7.99. The summed E-state index contributed by atoms with van der Waals surface area (Å²) in [5, 5.41) is 17.6. The van der Waals surface area contributed by atoms with Crippen LogP contribution in [0, 0.1) is 22.7 Å². The number of ether oxygens (including phenoxy) is 1. The number of allylic oxidation sites excluding steroid dienone is 1. The highest BCUT2D eigenvalue weighted by atomic mass is 16.5. The molecule has 0 N–H and O–H groups in total. The highest BCUT2D eigenvalue weighted by molar-refractivity contribution is 5.63. The molecule has 1 rings (SSSR count). The summed E-state index contributed by atoms with van der Waals surface area (Å²) in [4.78, 5) is 2.28. The summed E-state index contributed by atoms with van der Waals surface area (Å²) in [6.07, 6.45) is 1.59. The topological polar surface area (TPSA) is 60.0 Å². The molecule has 0 aliphatic carbocycles. The van der Waals surface area contributed by atoms with Crippen molar-refractivity contribution in [2.75, 3.05) is 20.2 Å². The van der Waals surface area contributed by atoms with Gasteiger partial charge in [0.1, 0.15) is 23.5 Å². The molecule has 0 atom stereocenters. The molecule has 1 aromatic carbocycles. The van der Waals surface area contributed by atoms with Crippen LogP contribution < -0.4 is 4.74 Å². The largest absolute Gasteiger partial charge is 0.496 e. The zero-order valence-corrected chi connectivity index (χ0v) is 12.2. The summed E-state index contributed by atoms with van der Waals surface area (Å²) in [6.45, 7) is 6.93. The summed E-state index contributed by atoms with van der Waals surface area (Å²) in [5.41, 5.74) is 2.00. The molecule has 0 aliphatic heterocycles. The van der Waals surface area contributed by atoms with Crippen LogP contribution in [0.1, 0.15) is 25.0 Å². The molecule has 0 saturated heterocycles. The second-order valence-electron chi connectivity index (χ2n) is 4.31. The SMILES string of the molecule is CCN(CC)Cc1cc(C=C(C#N)C#N)ccc1OC. The lowest BCUT2D eigenvalue weighted by molar-refractivity contribution is 0.289.